The maximum absolute atomic E-state index is 12.9. The van der Waals surface area contributed by atoms with Crippen molar-refractivity contribution in [3.05, 3.63) is 51.4 Å². The standard InChI is InChI=1S/C19H19ClF3NO3/c1-9-15-13(25)7-18(2,3)8-14(15)27-16(9)17(26)24-12-6-10(19(21,22)23)4-5-11(12)20/h4-6,13,25H,7-8H2,1-3H3,(H,24,26). The van der Waals surface area contributed by atoms with Crippen molar-refractivity contribution in [2.75, 3.05) is 5.32 Å². The van der Waals surface area contributed by atoms with E-state index in [9.17, 15) is 23.1 Å². The molecule has 1 aliphatic rings. The number of hydrogen-bond acceptors (Lipinski definition) is 3. The quantitative estimate of drug-likeness (QED) is 0.696. The predicted molar refractivity (Wildman–Crippen MR) is 94.9 cm³/mol. The second-order valence-electron chi connectivity index (χ2n) is 7.60. The molecule has 1 atom stereocenters. The first-order valence-corrected chi connectivity index (χ1v) is 8.75. The molecule has 0 aliphatic heterocycles. The van der Waals surface area contributed by atoms with Crippen LogP contribution < -0.4 is 5.32 Å². The molecule has 0 radical (unpaired) electrons. The molecule has 2 aromatic rings. The average molecular weight is 402 g/mol. The van der Waals surface area contributed by atoms with Gasteiger partial charge in [-0.2, -0.15) is 13.2 Å². The molecule has 1 aliphatic carbocycles. The highest BCUT2D eigenvalue weighted by molar-refractivity contribution is 6.33. The molecule has 1 aromatic carbocycles. The van der Waals surface area contributed by atoms with Crippen LogP contribution in [0, 0.1) is 12.3 Å². The molecule has 0 saturated carbocycles. The number of halogens is 4. The topological polar surface area (TPSA) is 62.5 Å². The lowest BCUT2D eigenvalue weighted by atomic mass is 9.75. The summed E-state index contributed by atoms with van der Waals surface area (Å²) in [7, 11) is 0. The predicted octanol–water partition coefficient (Wildman–Crippen LogP) is 5.52. The van der Waals surface area contributed by atoms with Crippen LogP contribution in [0.4, 0.5) is 18.9 Å². The summed E-state index contributed by atoms with van der Waals surface area (Å²) in [6.07, 6.45) is -4.23. The second kappa shape index (κ2) is 6.56. The van der Waals surface area contributed by atoms with Crippen molar-refractivity contribution in [1.29, 1.82) is 0 Å². The number of aliphatic hydroxyl groups excluding tert-OH is 1. The van der Waals surface area contributed by atoms with Gasteiger partial charge in [0.15, 0.2) is 5.76 Å². The lowest BCUT2D eigenvalue weighted by Gasteiger charge is -2.31. The minimum absolute atomic E-state index is 0.0218. The van der Waals surface area contributed by atoms with E-state index in [1.165, 1.54) is 0 Å². The van der Waals surface area contributed by atoms with Gasteiger partial charge in [0.1, 0.15) is 5.76 Å². The zero-order valence-electron chi connectivity index (χ0n) is 15.0. The van der Waals surface area contributed by atoms with Crippen LogP contribution in [-0.2, 0) is 12.6 Å². The van der Waals surface area contributed by atoms with E-state index < -0.39 is 23.8 Å². The Morgan fingerprint density at radius 1 is 1.37 bits per heavy atom. The summed E-state index contributed by atoms with van der Waals surface area (Å²) in [6, 6.07) is 2.69. The maximum Gasteiger partial charge on any atom is 0.416 e. The third kappa shape index (κ3) is 3.84. The molecule has 3 rings (SSSR count). The molecule has 1 heterocycles. The molecular formula is C19H19ClF3NO3. The highest BCUT2D eigenvalue weighted by Gasteiger charge is 2.37. The third-order valence-corrected chi connectivity index (χ3v) is 5.07. The van der Waals surface area contributed by atoms with Crippen LogP contribution in [0.25, 0.3) is 0 Å². The minimum Gasteiger partial charge on any atom is -0.455 e. The van der Waals surface area contributed by atoms with Gasteiger partial charge in [-0.3, -0.25) is 4.79 Å². The van der Waals surface area contributed by atoms with E-state index in [2.05, 4.69) is 5.32 Å². The van der Waals surface area contributed by atoms with Gasteiger partial charge in [0.25, 0.3) is 5.91 Å². The fourth-order valence-corrected chi connectivity index (χ4v) is 3.64. The third-order valence-electron chi connectivity index (χ3n) is 4.74. The van der Waals surface area contributed by atoms with E-state index in [0.29, 0.717) is 29.7 Å². The minimum atomic E-state index is -4.56. The Bertz CT molecular complexity index is 902. The maximum atomic E-state index is 12.9. The van der Waals surface area contributed by atoms with Crippen LogP contribution in [-0.4, -0.2) is 11.0 Å². The molecule has 0 saturated heterocycles. The number of carbonyl (C=O) groups excluding carboxylic acids is 1. The van der Waals surface area contributed by atoms with E-state index in [4.69, 9.17) is 16.0 Å². The molecule has 146 valence electrons. The number of nitrogens with one attached hydrogen (secondary N) is 1. The summed E-state index contributed by atoms with van der Waals surface area (Å²) in [5, 5.41) is 12.8. The molecule has 1 amide bonds. The van der Waals surface area contributed by atoms with Crippen molar-refractivity contribution >= 4 is 23.2 Å². The Morgan fingerprint density at radius 3 is 2.67 bits per heavy atom. The van der Waals surface area contributed by atoms with Gasteiger partial charge >= 0.3 is 6.18 Å². The number of anilines is 1. The summed E-state index contributed by atoms with van der Waals surface area (Å²) in [4.78, 5) is 12.6. The van der Waals surface area contributed by atoms with Gasteiger partial charge in [-0.1, -0.05) is 25.4 Å². The highest BCUT2D eigenvalue weighted by atomic mass is 35.5. The first-order valence-electron chi connectivity index (χ1n) is 8.37. The van der Waals surface area contributed by atoms with Crippen LogP contribution in [0.2, 0.25) is 5.02 Å². The largest absolute Gasteiger partial charge is 0.455 e. The summed E-state index contributed by atoms with van der Waals surface area (Å²) < 4.78 is 44.4. The van der Waals surface area contributed by atoms with E-state index in [1.54, 1.807) is 6.92 Å². The summed E-state index contributed by atoms with van der Waals surface area (Å²) >= 11 is 5.93. The smallest absolute Gasteiger partial charge is 0.416 e. The molecule has 2 N–H and O–H groups in total. The van der Waals surface area contributed by atoms with E-state index in [0.717, 1.165) is 18.2 Å². The van der Waals surface area contributed by atoms with Gasteiger partial charge in [0.05, 0.1) is 22.4 Å². The molecule has 1 unspecified atom stereocenters. The van der Waals surface area contributed by atoms with E-state index >= 15 is 0 Å². The summed E-state index contributed by atoms with van der Waals surface area (Å²) in [6.45, 7) is 5.62. The Kier molecular flexibility index (Phi) is 4.80. The molecule has 0 spiro atoms. The first kappa shape index (κ1) is 19.8. The lowest BCUT2D eigenvalue weighted by molar-refractivity contribution is -0.137. The molecule has 1 aromatic heterocycles. The van der Waals surface area contributed by atoms with Gasteiger partial charge in [0, 0.05) is 17.5 Å². The van der Waals surface area contributed by atoms with Gasteiger partial charge in [-0.05, 0) is 37.0 Å². The Labute approximate surface area is 159 Å². The molecule has 4 nitrogen and oxygen atoms in total. The normalized spacial score (nSPS) is 18.9. The van der Waals surface area contributed by atoms with Gasteiger partial charge in [-0.25, -0.2) is 0 Å². The van der Waals surface area contributed by atoms with Crippen molar-refractivity contribution < 1.29 is 27.5 Å². The molecular weight excluding hydrogens is 383 g/mol. The number of benzene rings is 1. The van der Waals surface area contributed by atoms with Crippen LogP contribution in [0.15, 0.2) is 22.6 Å². The zero-order chi connectivity index (χ0) is 20.1. The molecule has 0 bridgehead atoms. The van der Waals surface area contributed by atoms with Crippen molar-refractivity contribution in [2.24, 2.45) is 5.41 Å². The van der Waals surface area contributed by atoms with Gasteiger partial charge in [0.2, 0.25) is 0 Å². The number of amides is 1. The zero-order valence-corrected chi connectivity index (χ0v) is 15.8. The lowest BCUT2D eigenvalue weighted by Crippen LogP contribution is -2.24. The number of carbonyl (C=O) groups is 1. The Hall–Kier alpha value is -1.99. The van der Waals surface area contributed by atoms with E-state index in [-0.39, 0.29) is 21.9 Å². The van der Waals surface area contributed by atoms with Crippen molar-refractivity contribution in [3.8, 4) is 0 Å². The second-order valence-corrected chi connectivity index (χ2v) is 8.01. The number of furan rings is 1. The number of alkyl halides is 3. The number of rotatable bonds is 2. The van der Waals surface area contributed by atoms with Crippen LogP contribution in [0.1, 0.15) is 59.4 Å². The summed E-state index contributed by atoms with van der Waals surface area (Å²) in [5.41, 5.74) is -0.210. The highest BCUT2D eigenvalue weighted by Crippen LogP contribution is 2.44. The summed E-state index contributed by atoms with van der Waals surface area (Å²) in [5.74, 6) is -0.227. The monoisotopic (exact) mass is 401 g/mol. The molecule has 0 fully saturated rings. The molecule has 8 heteroatoms. The number of fused-ring (bicyclic) bond motifs is 1. The van der Waals surface area contributed by atoms with Gasteiger partial charge < -0.3 is 14.8 Å². The molecule has 27 heavy (non-hydrogen) atoms. The van der Waals surface area contributed by atoms with Crippen LogP contribution in [0.3, 0.4) is 0 Å². The number of hydrogen-bond donors (Lipinski definition) is 2. The van der Waals surface area contributed by atoms with Crippen molar-refractivity contribution in [3.63, 3.8) is 0 Å². The van der Waals surface area contributed by atoms with Crippen molar-refractivity contribution in [2.45, 2.75) is 45.9 Å². The fraction of sp³-hybridized carbons (Fsp3) is 0.421. The van der Waals surface area contributed by atoms with Crippen molar-refractivity contribution in [1.82, 2.24) is 0 Å². The average Bonchev–Trinajstić information content (AvgIpc) is 2.83. The number of aliphatic hydroxyl groups is 1. The first-order chi connectivity index (χ1) is 12.4. The Morgan fingerprint density at radius 2 is 2.04 bits per heavy atom. The Balaban J connectivity index is 1.93. The van der Waals surface area contributed by atoms with E-state index in [1.807, 2.05) is 13.8 Å². The van der Waals surface area contributed by atoms with Crippen LogP contribution >= 0.6 is 11.6 Å². The fourth-order valence-electron chi connectivity index (χ4n) is 3.48. The SMILES string of the molecule is Cc1c(C(=O)Nc2cc(C(F)(F)F)ccc2Cl)oc2c1C(O)CC(C)(C)C2. The van der Waals surface area contributed by atoms with Crippen LogP contribution in [0.5, 0.6) is 0 Å². The van der Waals surface area contributed by atoms with Gasteiger partial charge in [-0.15, -0.1) is 0 Å².